The van der Waals surface area contributed by atoms with Crippen LogP contribution in [0.2, 0.25) is 0 Å². The highest BCUT2D eigenvalue weighted by Gasteiger charge is 2.28. The Kier molecular flexibility index (Phi) is 6.78. The summed E-state index contributed by atoms with van der Waals surface area (Å²) >= 11 is 0. The van der Waals surface area contributed by atoms with Crippen LogP contribution < -0.4 is 5.32 Å². The van der Waals surface area contributed by atoms with Gasteiger partial charge < -0.3 is 10.2 Å². The van der Waals surface area contributed by atoms with E-state index in [1.165, 1.54) is 0 Å². The van der Waals surface area contributed by atoms with Crippen molar-refractivity contribution >= 4 is 11.8 Å². The van der Waals surface area contributed by atoms with Crippen molar-refractivity contribution in [3.05, 3.63) is 71.3 Å². The summed E-state index contributed by atoms with van der Waals surface area (Å²) < 4.78 is 0. The van der Waals surface area contributed by atoms with E-state index in [2.05, 4.69) is 5.32 Å². The lowest BCUT2D eigenvalue weighted by Gasteiger charge is -2.31. The summed E-state index contributed by atoms with van der Waals surface area (Å²) in [5, 5.41) is 2.98. The molecule has 0 spiro atoms. The van der Waals surface area contributed by atoms with E-state index in [-0.39, 0.29) is 23.8 Å². The maximum atomic E-state index is 13.1. The molecule has 0 aliphatic carbocycles. The molecule has 0 radical (unpaired) electrons. The van der Waals surface area contributed by atoms with Crippen molar-refractivity contribution in [3.8, 4) is 0 Å². The Hall–Kier alpha value is -2.62. The molecule has 2 aromatic rings. The molecule has 0 saturated heterocycles. The first-order chi connectivity index (χ1) is 12.7. The second-order valence-corrected chi connectivity index (χ2v) is 8.08. The van der Waals surface area contributed by atoms with Crippen LogP contribution in [0, 0.1) is 6.92 Å². The number of benzene rings is 2. The number of nitrogens with one attached hydrogen (secondary N) is 1. The zero-order chi connectivity index (χ0) is 20.0. The van der Waals surface area contributed by atoms with Gasteiger partial charge in [0, 0.05) is 12.1 Å². The lowest BCUT2D eigenvalue weighted by atomic mass is 10.1. The minimum atomic E-state index is -0.553. The summed E-state index contributed by atoms with van der Waals surface area (Å²) in [6.45, 7) is 10.0. The Morgan fingerprint density at radius 2 is 1.56 bits per heavy atom. The number of hydrogen-bond donors (Lipinski definition) is 1. The molecule has 27 heavy (non-hydrogen) atoms. The average Bonchev–Trinajstić information content (AvgIpc) is 2.60. The maximum Gasteiger partial charge on any atom is 0.242 e. The van der Waals surface area contributed by atoms with Crippen molar-refractivity contribution in [2.45, 2.75) is 59.2 Å². The zero-order valence-corrected chi connectivity index (χ0v) is 17.0. The van der Waals surface area contributed by atoms with Crippen LogP contribution in [0.4, 0.5) is 0 Å². The second-order valence-electron chi connectivity index (χ2n) is 8.08. The standard InChI is InChI=1S/C23H30N2O2/c1-17-11-13-19(14-12-17)15-21(26)25(16-20-9-7-6-8-10-20)18(2)22(27)24-23(3,4)5/h6-14,18H,15-16H2,1-5H3,(H,24,27)/t18-/m0/s1. The van der Waals surface area contributed by atoms with Crippen molar-refractivity contribution in [3.63, 3.8) is 0 Å². The summed E-state index contributed by atoms with van der Waals surface area (Å²) in [5.74, 6) is -0.199. The van der Waals surface area contributed by atoms with Crippen LogP contribution in [0.1, 0.15) is 44.4 Å². The van der Waals surface area contributed by atoms with Crippen LogP contribution in [0.3, 0.4) is 0 Å². The van der Waals surface area contributed by atoms with Gasteiger partial charge in [-0.15, -0.1) is 0 Å². The van der Waals surface area contributed by atoms with E-state index in [9.17, 15) is 9.59 Å². The normalized spacial score (nSPS) is 12.3. The molecular weight excluding hydrogens is 336 g/mol. The van der Waals surface area contributed by atoms with Crippen molar-refractivity contribution in [1.82, 2.24) is 10.2 Å². The molecule has 144 valence electrons. The highest BCUT2D eigenvalue weighted by Crippen LogP contribution is 2.14. The van der Waals surface area contributed by atoms with E-state index in [0.717, 1.165) is 16.7 Å². The van der Waals surface area contributed by atoms with E-state index >= 15 is 0 Å². The fourth-order valence-corrected chi connectivity index (χ4v) is 2.82. The fourth-order valence-electron chi connectivity index (χ4n) is 2.82. The zero-order valence-electron chi connectivity index (χ0n) is 17.0. The van der Waals surface area contributed by atoms with Crippen molar-refractivity contribution in [2.75, 3.05) is 0 Å². The molecule has 2 rings (SSSR count). The number of rotatable bonds is 6. The predicted molar refractivity (Wildman–Crippen MR) is 109 cm³/mol. The van der Waals surface area contributed by atoms with Gasteiger partial charge in [-0.25, -0.2) is 0 Å². The van der Waals surface area contributed by atoms with E-state index < -0.39 is 6.04 Å². The molecule has 0 saturated carbocycles. The molecule has 1 N–H and O–H groups in total. The Bertz CT molecular complexity index is 761. The van der Waals surface area contributed by atoms with Crippen molar-refractivity contribution in [1.29, 1.82) is 0 Å². The number of carbonyl (C=O) groups excluding carboxylic acids is 2. The van der Waals surface area contributed by atoms with Crippen LogP contribution >= 0.6 is 0 Å². The van der Waals surface area contributed by atoms with Crippen LogP contribution in [0.25, 0.3) is 0 Å². The monoisotopic (exact) mass is 366 g/mol. The molecular formula is C23H30N2O2. The van der Waals surface area contributed by atoms with Crippen LogP contribution in [0.5, 0.6) is 0 Å². The largest absolute Gasteiger partial charge is 0.350 e. The Morgan fingerprint density at radius 3 is 2.11 bits per heavy atom. The van der Waals surface area contributed by atoms with Gasteiger partial charge >= 0.3 is 0 Å². The van der Waals surface area contributed by atoms with Crippen molar-refractivity contribution < 1.29 is 9.59 Å². The van der Waals surface area contributed by atoms with Gasteiger partial charge in [-0.3, -0.25) is 9.59 Å². The Morgan fingerprint density at radius 1 is 0.963 bits per heavy atom. The first kappa shape index (κ1) is 20.7. The molecule has 4 heteroatoms. The summed E-state index contributed by atoms with van der Waals surface area (Å²) in [5.41, 5.74) is 2.77. The number of carbonyl (C=O) groups is 2. The second kappa shape index (κ2) is 8.85. The average molecular weight is 367 g/mol. The minimum Gasteiger partial charge on any atom is -0.350 e. The quantitative estimate of drug-likeness (QED) is 0.844. The smallest absolute Gasteiger partial charge is 0.242 e. The van der Waals surface area contributed by atoms with Gasteiger partial charge in [0.25, 0.3) is 0 Å². The predicted octanol–water partition coefficient (Wildman–Crippen LogP) is 3.87. The van der Waals surface area contributed by atoms with Gasteiger partial charge in [0.1, 0.15) is 6.04 Å². The van der Waals surface area contributed by atoms with E-state index in [1.807, 2.05) is 82.3 Å². The topological polar surface area (TPSA) is 49.4 Å². The summed E-state index contributed by atoms with van der Waals surface area (Å²) in [4.78, 5) is 27.4. The molecule has 0 aliphatic rings. The van der Waals surface area contributed by atoms with Crippen molar-refractivity contribution in [2.24, 2.45) is 0 Å². The summed E-state index contributed by atoms with van der Waals surface area (Å²) in [7, 11) is 0. The number of nitrogens with zero attached hydrogens (tertiary/aromatic N) is 1. The first-order valence-corrected chi connectivity index (χ1v) is 9.37. The fraction of sp³-hybridized carbons (Fsp3) is 0.391. The highest BCUT2D eigenvalue weighted by molar-refractivity contribution is 5.88. The van der Waals surface area contributed by atoms with Gasteiger partial charge in [0.2, 0.25) is 11.8 Å². The molecule has 2 aromatic carbocycles. The molecule has 0 bridgehead atoms. The number of aryl methyl sites for hydroxylation is 1. The highest BCUT2D eigenvalue weighted by atomic mass is 16.2. The summed E-state index contributed by atoms with van der Waals surface area (Å²) in [6.07, 6.45) is 0.278. The lowest BCUT2D eigenvalue weighted by molar-refractivity contribution is -0.140. The third-order valence-corrected chi connectivity index (χ3v) is 4.34. The number of hydrogen-bond acceptors (Lipinski definition) is 2. The van der Waals surface area contributed by atoms with Gasteiger partial charge in [-0.1, -0.05) is 60.2 Å². The molecule has 1 atom stereocenters. The molecule has 0 aromatic heterocycles. The van der Waals surface area contributed by atoms with Crippen LogP contribution in [0.15, 0.2) is 54.6 Å². The lowest BCUT2D eigenvalue weighted by Crippen LogP contribution is -2.52. The van der Waals surface area contributed by atoms with E-state index in [0.29, 0.717) is 6.54 Å². The summed E-state index contributed by atoms with van der Waals surface area (Å²) in [6, 6.07) is 17.2. The van der Waals surface area contributed by atoms with Crippen LogP contribution in [-0.4, -0.2) is 28.3 Å². The third kappa shape index (κ3) is 6.55. The van der Waals surface area contributed by atoms with Gasteiger partial charge in [-0.2, -0.15) is 0 Å². The molecule has 0 fully saturated rings. The van der Waals surface area contributed by atoms with Gasteiger partial charge in [-0.05, 0) is 45.7 Å². The first-order valence-electron chi connectivity index (χ1n) is 9.37. The molecule has 0 heterocycles. The van der Waals surface area contributed by atoms with Gasteiger partial charge in [0.15, 0.2) is 0 Å². The molecule has 4 nitrogen and oxygen atoms in total. The minimum absolute atomic E-state index is 0.0562. The van der Waals surface area contributed by atoms with E-state index in [1.54, 1.807) is 11.8 Å². The van der Waals surface area contributed by atoms with Crippen LogP contribution in [-0.2, 0) is 22.6 Å². The molecule has 0 unspecified atom stereocenters. The molecule has 2 amide bonds. The Balaban J connectivity index is 2.21. The maximum absolute atomic E-state index is 13.1. The SMILES string of the molecule is Cc1ccc(CC(=O)N(Cc2ccccc2)[C@@H](C)C(=O)NC(C)(C)C)cc1. The molecule has 0 aliphatic heterocycles. The third-order valence-electron chi connectivity index (χ3n) is 4.34. The number of amides is 2. The van der Waals surface area contributed by atoms with Gasteiger partial charge in [0.05, 0.1) is 6.42 Å². The van der Waals surface area contributed by atoms with E-state index in [4.69, 9.17) is 0 Å². The Labute approximate surface area is 162 Å².